The molecule has 0 aliphatic carbocycles. The number of allylic oxidation sites excluding steroid dienone is 6. The van der Waals surface area contributed by atoms with Crippen molar-refractivity contribution in [2.75, 3.05) is 0 Å². The van der Waals surface area contributed by atoms with E-state index in [1.54, 1.807) is 12.2 Å². The van der Waals surface area contributed by atoms with Gasteiger partial charge >= 0.3 is 0 Å². The van der Waals surface area contributed by atoms with Crippen molar-refractivity contribution in [1.82, 2.24) is 0 Å². The van der Waals surface area contributed by atoms with Crippen molar-refractivity contribution in [1.29, 1.82) is 0 Å². The minimum atomic E-state index is -0.562. The molecule has 0 aliphatic rings. The first-order valence-electron chi connectivity index (χ1n) is 13.3. The molecule has 0 heterocycles. The van der Waals surface area contributed by atoms with Crippen molar-refractivity contribution in [3.63, 3.8) is 0 Å². The average Bonchev–Trinajstić information content (AvgIpc) is 3.00. The van der Waals surface area contributed by atoms with Gasteiger partial charge in [0, 0.05) is 0 Å². The molecule has 0 aromatic heterocycles. The number of rotatable bonds is 7. The number of hydrogen-bond acceptors (Lipinski definition) is 2. The van der Waals surface area contributed by atoms with Crippen molar-refractivity contribution in [2.24, 2.45) is 0 Å². The molecule has 40 heavy (non-hydrogen) atoms. The largest absolute Gasteiger partial charge is 0.286 e. The molecule has 0 amide bonds. The van der Waals surface area contributed by atoms with E-state index in [1.165, 1.54) is 12.2 Å². The maximum Gasteiger partial charge on any atom is 0.225 e. The second kappa shape index (κ2) is 11.2. The predicted molar refractivity (Wildman–Crippen MR) is 169 cm³/mol. The summed E-state index contributed by atoms with van der Waals surface area (Å²) in [5.41, 5.74) is 2.17. The van der Waals surface area contributed by atoms with E-state index in [1.807, 2.05) is 72.8 Å². The maximum atomic E-state index is 12.4. The number of hydrogen-bond donors (Lipinski definition) is 0. The summed E-state index contributed by atoms with van der Waals surface area (Å²) in [6, 6.07) is 37.4. The first kappa shape index (κ1) is 25.0. The Morgan fingerprint density at radius 2 is 0.700 bits per heavy atom. The molecule has 2 heteroatoms. The molecule has 0 saturated carbocycles. The monoisotopic (exact) mass is 514 g/mol. The third-order valence-electron chi connectivity index (χ3n) is 7.11. The minimum Gasteiger partial charge on any atom is -0.286 e. The SMILES string of the molecule is O=C(C=CC=Cc1c2ccccc2cc2ccccc12)C(=O)C=CC=Cc1c2ccccc2cc2ccccc12. The topological polar surface area (TPSA) is 34.1 Å². The van der Waals surface area contributed by atoms with Crippen LogP contribution in [0.1, 0.15) is 11.1 Å². The second-order valence-electron chi connectivity index (χ2n) is 9.63. The van der Waals surface area contributed by atoms with Gasteiger partial charge in [0.2, 0.25) is 11.6 Å². The molecular formula is C38H26O2. The van der Waals surface area contributed by atoms with Crippen LogP contribution in [0.4, 0.5) is 0 Å². The fourth-order valence-electron chi connectivity index (χ4n) is 5.21. The van der Waals surface area contributed by atoms with Crippen LogP contribution in [0.2, 0.25) is 0 Å². The van der Waals surface area contributed by atoms with Crippen LogP contribution in [0, 0.1) is 0 Å². The standard InChI is InChI=1S/C38H26O2/c39-37(23-11-9-21-35-31-17-5-1-13-27(31)25-28-14-2-6-18-32(28)35)38(40)24-12-10-22-36-33-19-7-3-15-29(33)26-30-16-4-8-20-34(30)36/h1-26H. The van der Waals surface area contributed by atoms with Crippen molar-refractivity contribution in [3.8, 4) is 0 Å². The van der Waals surface area contributed by atoms with Gasteiger partial charge in [-0.15, -0.1) is 0 Å². The summed E-state index contributed by atoms with van der Waals surface area (Å²) in [6.45, 7) is 0. The van der Waals surface area contributed by atoms with E-state index in [2.05, 4.69) is 60.7 Å². The van der Waals surface area contributed by atoms with Gasteiger partial charge in [-0.3, -0.25) is 9.59 Å². The van der Waals surface area contributed by atoms with Crippen LogP contribution in [0.3, 0.4) is 0 Å². The summed E-state index contributed by atoms with van der Waals surface area (Å²) in [7, 11) is 0. The molecular weight excluding hydrogens is 488 g/mol. The van der Waals surface area contributed by atoms with Crippen LogP contribution in [0.25, 0.3) is 55.2 Å². The quantitative estimate of drug-likeness (QED) is 0.0921. The molecule has 0 saturated heterocycles. The first-order valence-corrected chi connectivity index (χ1v) is 13.3. The van der Waals surface area contributed by atoms with Gasteiger partial charge in [0.25, 0.3) is 0 Å². The van der Waals surface area contributed by atoms with E-state index in [4.69, 9.17) is 0 Å². The number of carbonyl (C=O) groups excluding carboxylic acids is 2. The van der Waals surface area contributed by atoms with E-state index < -0.39 is 11.6 Å². The van der Waals surface area contributed by atoms with Gasteiger partial charge in [0.05, 0.1) is 0 Å². The van der Waals surface area contributed by atoms with Crippen LogP contribution < -0.4 is 0 Å². The Labute approximate surface area is 232 Å². The third-order valence-corrected chi connectivity index (χ3v) is 7.11. The molecule has 0 fully saturated rings. The van der Waals surface area contributed by atoms with Crippen molar-refractivity contribution >= 4 is 66.8 Å². The van der Waals surface area contributed by atoms with Gasteiger partial charge < -0.3 is 0 Å². The molecule has 6 rings (SSSR count). The lowest BCUT2D eigenvalue weighted by molar-refractivity contribution is -0.130. The highest BCUT2D eigenvalue weighted by Crippen LogP contribution is 2.30. The molecule has 0 N–H and O–H groups in total. The van der Waals surface area contributed by atoms with Crippen molar-refractivity contribution < 1.29 is 9.59 Å². The number of fused-ring (bicyclic) bond motifs is 4. The molecule has 0 aliphatic heterocycles. The smallest absolute Gasteiger partial charge is 0.225 e. The number of carbonyl (C=O) groups is 2. The number of ketones is 2. The Morgan fingerprint density at radius 1 is 0.400 bits per heavy atom. The normalized spacial score (nSPS) is 12.3. The summed E-state index contributed by atoms with van der Waals surface area (Å²) in [5, 5.41) is 9.20. The highest BCUT2D eigenvalue weighted by atomic mass is 16.2. The van der Waals surface area contributed by atoms with E-state index in [0.29, 0.717) is 0 Å². The Morgan fingerprint density at radius 3 is 1.02 bits per heavy atom. The van der Waals surface area contributed by atoms with Gasteiger partial charge in [-0.1, -0.05) is 134 Å². The van der Waals surface area contributed by atoms with Gasteiger partial charge in [-0.25, -0.2) is 0 Å². The molecule has 0 unspecified atom stereocenters. The Balaban J connectivity index is 1.18. The van der Waals surface area contributed by atoms with E-state index in [-0.39, 0.29) is 0 Å². The van der Waals surface area contributed by atoms with Crippen LogP contribution in [-0.4, -0.2) is 11.6 Å². The van der Waals surface area contributed by atoms with Crippen LogP contribution >= 0.6 is 0 Å². The highest BCUT2D eigenvalue weighted by molar-refractivity contribution is 6.45. The lowest BCUT2D eigenvalue weighted by Crippen LogP contribution is -2.06. The lowest BCUT2D eigenvalue weighted by atomic mass is 9.96. The minimum absolute atomic E-state index is 0.562. The van der Waals surface area contributed by atoms with Crippen LogP contribution in [-0.2, 0) is 9.59 Å². The fourth-order valence-corrected chi connectivity index (χ4v) is 5.21. The van der Waals surface area contributed by atoms with Gasteiger partial charge in [-0.05, 0) is 78.5 Å². The molecule has 0 atom stereocenters. The molecule has 0 radical (unpaired) electrons. The van der Waals surface area contributed by atoms with Crippen molar-refractivity contribution in [3.05, 3.63) is 157 Å². The van der Waals surface area contributed by atoms with E-state index in [9.17, 15) is 9.59 Å². The predicted octanol–water partition coefficient (Wildman–Crippen LogP) is 9.28. The summed E-state index contributed by atoms with van der Waals surface area (Å²) >= 11 is 0. The summed E-state index contributed by atoms with van der Waals surface area (Å²) < 4.78 is 0. The molecule has 6 aromatic rings. The van der Waals surface area contributed by atoms with Gasteiger partial charge in [-0.2, -0.15) is 0 Å². The summed E-state index contributed by atoms with van der Waals surface area (Å²) in [6.07, 6.45) is 13.5. The van der Waals surface area contributed by atoms with Crippen LogP contribution in [0.15, 0.2) is 146 Å². The Bertz CT molecular complexity index is 1780. The molecule has 2 nitrogen and oxygen atoms in total. The van der Waals surface area contributed by atoms with E-state index in [0.717, 1.165) is 54.2 Å². The lowest BCUT2D eigenvalue weighted by Gasteiger charge is -2.08. The second-order valence-corrected chi connectivity index (χ2v) is 9.63. The Hall–Kier alpha value is -5.34. The first-order chi connectivity index (χ1) is 19.7. The number of benzene rings is 6. The Kier molecular flexibility index (Phi) is 6.98. The fraction of sp³-hybridized carbons (Fsp3) is 0. The molecule has 0 spiro atoms. The molecule has 6 aromatic carbocycles. The van der Waals surface area contributed by atoms with Crippen molar-refractivity contribution in [2.45, 2.75) is 0 Å². The summed E-state index contributed by atoms with van der Waals surface area (Å²) in [4.78, 5) is 24.9. The molecule has 0 bridgehead atoms. The zero-order chi connectivity index (χ0) is 27.3. The van der Waals surface area contributed by atoms with Gasteiger partial charge in [0.1, 0.15) is 0 Å². The highest BCUT2D eigenvalue weighted by Gasteiger charge is 2.07. The van der Waals surface area contributed by atoms with Gasteiger partial charge in [0.15, 0.2) is 0 Å². The van der Waals surface area contributed by atoms with Crippen LogP contribution in [0.5, 0.6) is 0 Å². The summed E-state index contributed by atoms with van der Waals surface area (Å²) in [5.74, 6) is -1.12. The van der Waals surface area contributed by atoms with E-state index >= 15 is 0 Å². The maximum absolute atomic E-state index is 12.4. The zero-order valence-corrected chi connectivity index (χ0v) is 21.8. The molecule has 190 valence electrons. The zero-order valence-electron chi connectivity index (χ0n) is 21.8. The third kappa shape index (κ3) is 5.03. The average molecular weight is 515 g/mol.